The summed E-state index contributed by atoms with van der Waals surface area (Å²) >= 11 is 0. The summed E-state index contributed by atoms with van der Waals surface area (Å²) in [4.78, 5) is 24.2. The standard InChI is InChI=1S/C12H12F3N3O2/c13-12(14,15)8-3-1-7(2-4-8)9-10(19)17-5-6-18(9)11(16)20/h1-4,9H,5-6H2,(H2,16,20)(H,17,19). The Morgan fingerprint density at radius 1 is 1.30 bits per heavy atom. The van der Waals surface area contributed by atoms with E-state index in [9.17, 15) is 22.8 Å². The van der Waals surface area contributed by atoms with Gasteiger partial charge in [0.05, 0.1) is 5.56 Å². The molecule has 108 valence electrons. The zero-order valence-corrected chi connectivity index (χ0v) is 10.3. The van der Waals surface area contributed by atoms with Crippen LogP contribution in [-0.4, -0.2) is 29.9 Å². The van der Waals surface area contributed by atoms with Gasteiger partial charge in [-0.15, -0.1) is 0 Å². The van der Waals surface area contributed by atoms with Crippen LogP contribution < -0.4 is 11.1 Å². The van der Waals surface area contributed by atoms with Crippen molar-refractivity contribution < 1.29 is 22.8 Å². The van der Waals surface area contributed by atoms with Gasteiger partial charge in [0.1, 0.15) is 6.04 Å². The second kappa shape index (κ2) is 5.03. The van der Waals surface area contributed by atoms with Gasteiger partial charge in [-0.05, 0) is 17.7 Å². The minimum absolute atomic E-state index is 0.215. The Labute approximate surface area is 112 Å². The van der Waals surface area contributed by atoms with Crippen molar-refractivity contribution in [3.8, 4) is 0 Å². The molecule has 0 aromatic heterocycles. The van der Waals surface area contributed by atoms with Crippen LogP contribution in [0.2, 0.25) is 0 Å². The number of halogens is 3. The van der Waals surface area contributed by atoms with E-state index in [2.05, 4.69) is 5.32 Å². The number of primary amides is 1. The van der Waals surface area contributed by atoms with E-state index in [1.54, 1.807) is 0 Å². The molecule has 1 aromatic carbocycles. The van der Waals surface area contributed by atoms with Crippen LogP contribution in [0.3, 0.4) is 0 Å². The second-order valence-corrected chi connectivity index (χ2v) is 4.34. The molecule has 1 heterocycles. The van der Waals surface area contributed by atoms with Crippen molar-refractivity contribution in [2.45, 2.75) is 12.2 Å². The number of amides is 3. The summed E-state index contributed by atoms with van der Waals surface area (Å²) in [6.07, 6.45) is -4.45. The zero-order chi connectivity index (χ0) is 14.9. The number of carbonyl (C=O) groups is 2. The van der Waals surface area contributed by atoms with Gasteiger partial charge in [0.25, 0.3) is 0 Å². The molecule has 3 N–H and O–H groups in total. The van der Waals surface area contributed by atoms with Gasteiger partial charge in [-0.2, -0.15) is 13.2 Å². The molecule has 3 amide bonds. The molecule has 0 bridgehead atoms. The third kappa shape index (κ3) is 2.68. The quantitative estimate of drug-likeness (QED) is 0.816. The van der Waals surface area contributed by atoms with Gasteiger partial charge in [0, 0.05) is 13.1 Å². The Kier molecular flexibility index (Phi) is 3.56. The lowest BCUT2D eigenvalue weighted by Gasteiger charge is -2.34. The largest absolute Gasteiger partial charge is 0.416 e. The molecule has 5 nitrogen and oxygen atoms in total. The maximum Gasteiger partial charge on any atom is 0.416 e. The van der Waals surface area contributed by atoms with Gasteiger partial charge in [0.15, 0.2) is 0 Å². The van der Waals surface area contributed by atoms with Crippen molar-refractivity contribution in [2.24, 2.45) is 5.73 Å². The van der Waals surface area contributed by atoms with Gasteiger partial charge in [0.2, 0.25) is 5.91 Å². The second-order valence-electron chi connectivity index (χ2n) is 4.34. The number of nitrogens with one attached hydrogen (secondary N) is 1. The fourth-order valence-electron chi connectivity index (χ4n) is 2.09. The molecule has 8 heteroatoms. The van der Waals surface area contributed by atoms with Crippen molar-refractivity contribution in [1.82, 2.24) is 10.2 Å². The third-order valence-corrected chi connectivity index (χ3v) is 3.05. The van der Waals surface area contributed by atoms with Gasteiger partial charge >= 0.3 is 12.2 Å². The predicted octanol–water partition coefficient (Wildman–Crippen LogP) is 1.26. The van der Waals surface area contributed by atoms with E-state index in [1.165, 1.54) is 12.1 Å². The Morgan fingerprint density at radius 2 is 1.90 bits per heavy atom. The average Bonchev–Trinajstić information content (AvgIpc) is 2.37. The summed E-state index contributed by atoms with van der Waals surface area (Å²) in [7, 11) is 0. The molecule has 1 fully saturated rings. The highest BCUT2D eigenvalue weighted by atomic mass is 19.4. The Morgan fingerprint density at radius 3 is 2.40 bits per heavy atom. The van der Waals surface area contributed by atoms with Crippen LogP contribution in [-0.2, 0) is 11.0 Å². The van der Waals surface area contributed by atoms with Gasteiger partial charge in [-0.1, -0.05) is 12.1 Å². The number of hydrogen-bond donors (Lipinski definition) is 2. The minimum atomic E-state index is -4.45. The molecule has 0 spiro atoms. The molecule has 2 rings (SSSR count). The molecule has 1 atom stereocenters. The van der Waals surface area contributed by atoms with E-state index in [1.807, 2.05) is 0 Å². The Balaban J connectivity index is 2.32. The topological polar surface area (TPSA) is 75.4 Å². The summed E-state index contributed by atoms with van der Waals surface area (Å²) in [6.45, 7) is 0.478. The summed E-state index contributed by atoms with van der Waals surface area (Å²) in [5, 5.41) is 2.55. The minimum Gasteiger partial charge on any atom is -0.352 e. The van der Waals surface area contributed by atoms with Crippen molar-refractivity contribution in [3.63, 3.8) is 0 Å². The maximum absolute atomic E-state index is 12.5. The molecular weight excluding hydrogens is 275 g/mol. The van der Waals surface area contributed by atoms with Crippen LogP contribution in [0.15, 0.2) is 24.3 Å². The highest BCUT2D eigenvalue weighted by molar-refractivity contribution is 5.88. The number of nitrogens with two attached hydrogens (primary N) is 1. The number of alkyl halides is 3. The van der Waals surface area contributed by atoms with Crippen LogP contribution in [0.1, 0.15) is 17.2 Å². The highest BCUT2D eigenvalue weighted by Gasteiger charge is 2.35. The van der Waals surface area contributed by atoms with E-state index >= 15 is 0 Å². The Bertz CT molecular complexity index is 528. The van der Waals surface area contributed by atoms with E-state index in [4.69, 9.17) is 5.73 Å². The lowest BCUT2D eigenvalue weighted by atomic mass is 10.0. The molecule has 0 aliphatic carbocycles. The molecule has 1 aliphatic rings. The van der Waals surface area contributed by atoms with Gasteiger partial charge < -0.3 is 16.0 Å². The molecule has 0 radical (unpaired) electrons. The number of rotatable bonds is 1. The first kappa shape index (κ1) is 14.2. The average molecular weight is 287 g/mol. The normalized spacial score (nSPS) is 19.6. The van der Waals surface area contributed by atoms with E-state index in [0.717, 1.165) is 17.0 Å². The van der Waals surface area contributed by atoms with Crippen molar-refractivity contribution in [2.75, 3.05) is 13.1 Å². The van der Waals surface area contributed by atoms with Crippen LogP contribution in [0, 0.1) is 0 Å². The fourth-order valence-corrected chi connectivity index (χ4v) is 2.09. The molecular formula is C12H12F3N3O2. The SMILES string of the molecule is NC(=O)N1CCNC(=O)C1c1ccc(C(F)(F)F)cc1. The van der Waals surface area contributed by atoms with Crippen LogP contribution >= 0.6 is 0 Å². The monoisotopic (exact) mass is 287 g/mol. The molecule has 1 saturated heterocycles. The number of carbonyl (C=O) groups excluding carboxylic acids is 2. The molecule has 20 heavy (non-hydrogen) atoms. The summed E-state index contributed by atoms with van der Waals surface area (Å²) in [5.74, 6) is -0.463. The lowest BCUT2D eigenvalue weighted by molar-refractivity contribution is -0.137. The van der Waals surface area contributed by atoms with Crippen molar-refractivity contribution >= 4 is 11.9 Å². The number of piperazine rings is 1. The lowest BCUT2D eigenvalue weighted by Crippen LogP contribution is -2.53. The van der Waals surface area contributed by atoms with E-state index < -0.39 is 29.7 Å². The van der Waals surface area contributed by atoms with E-state index in [0.29, 0.717) is 0 Å². The highest BCUT2D eigenvalue weighted by Crippen LogP contribution is 2.31. The molecule has 1 aromatic rings. The van der Waals surface area contributed by atoms with E-state index in [-0.39, 0.29) is 18.7 Å². The maximum atomic E-state index is 12.5. The summed E-state index contributed by atoms with van der Waals surface area (Å²) in [6, 6.07) is 2.31. The fraction of sp³-hybridized carbons (Fsp3) is 0.333. The predicted molar refractivity (Wildman–Crippen MR) is 63.5 cm³/mol. The first-order chi connectivity index (χ1) is 9.30. The van der Waals surface area contributed by atoms with Gasteiger partial charge in [-0.3, -0.25) is 4.79 Å². The van der Waals surface area contributed by atoms with Crippen LogP contribution in [0.25, 0.3) is 0 Å². The summed E-state index contributed by atoms with van der Waals surface area (Å²) < 4.78 is 37.4. The molecule has 0 saturated carbocycles. The van der Waals surface area contributed by atoms with Gasteiger partial charge in [-0.25, -0.2) is 4.79 Å². The molecule has 1 unspecified atom stereocenters. The van der Waals surface area contributed by atoms with Crippen LogP contribution in [0.4, 0.5) is 18.0 Å². The zero-order valence-electron chi connectivity index (χ0n) is 10.3. The first-order valence-corrected chi connectivity index (χ1v) is 5.81. The number of nitrogens with zero attached hydrogens (tertiary/aromatic N) is 1. The number of urea groups is 1. The third-order valence-electron chi connectivity index (χ3n) is 3.05. The van der Waals surface area contributed by atoms with Crippen LogP contribution in [0.5, 0.6) is 0 Å². The smallest absolute Gasteiger partial charge is 0.352 e. The summed E-state index contributed by atoms with van der Waals surface area (Å²) in [5.41, 5.74) is 4.65. The molecule has 1 aliphatic heterocycles. The first-order valence-electron chi connectivity index (χ1n) is 5.81. The number of benzene rings is 1. The Hall–Kier alpha value is -2.25. The van der Waals surface area contributed by atoms with Crippen molar-refractivity contribution in [1.29, 1.82) is 0 Å². The number of hydrogen-bond acceptors (Lipinski definition) is 2. The van der Waals surface area contributed by atoms with Crippen molar-refractivity contribution in [3.05, 3.63) is 35.4 Å².